The van der Waals surface area contributed by atoms with E-state index >= 15 is 0 Å². The summed E-state index contributed by atoms with van der Waals surface area (Å²) in [4.78, 5) is 24.8. The molecule has 6 nitrogen and oxygen atoms in total. The number of hydrogen-bond acceptors (Lipinski definition) is 5. The van der Waals surface area contributed by atoms with Gasteiger partial charge in [-0.2, -0.15) is 5.26 Å². The summed E-state index contributed by atoms with van der Waals surface area (Å²) in [6, 6.07) is 18.3. The third-order valence-corrected chi connectivity index (χ3v) is 7.16. The van der Waals surface area contributed by atoms with E-state index in [0.29, 0.717) is 17.1 Å². The zero-order valence-electron chi connectivity index (χ0n) is 19.3. The number of carboxylic acids is 1. The number of nitriles is 1. The zero-order valence-corrected chi connectivity index (χ0v) is 19.3. The number of ether oxygens (including phenoxy) is 2. The van der Waals surface area contributed by atoms with Gasteiger partial charge in [0.05, 0.1) is 12.0 Å². The molecule has 6 heteroatoms. The summed E-state index contributed by atoms with van der Waals surface area (Å²) in [5.41, 5.74) is -1.76. The van der Waals surface area contributed by atoms with Crippen molar-refractivity contribution >= 4 is 11.9 Å². The fourth-order valence-electron chi connectivity index (χ4n) is 5.29. The van der Waals surface area contributed by atoms with Gasteiger partial charge in [0.2, 0.25) is 0 Å². The van der Waals surface area contributed by atoms with Gasteiger partial charge in [0.15, 0.2) is 0 Å². The molecule has 0 unspecified atom stereocenters. The van der Waals surface area contributed by atoms with E-state index in [2.05, 4.69) is 17.9 Å². The van der Waals surface area contributed by atoms with Crippen LogP contribution in [0.1, 0.15) is 51.0 Å². The molecular formula is C28H27NO5. The minimum atomic E-state index is -1.46. The first-order valence-corrected chi connectivity index (χ1v) is 11.5. The van der Waals surface area contributed by atoms with Crippen LogP contribution in [0.15, 0.2) is 54.6 Å². The molecule has 2 aliphatic carbocycles. The van der Waals surface area contributed by atoms with Crippen LogP contribution < -0.4 is 4.74 Å². The van der Waals surface area contributed by atoms with Crippen molar-refractivity contribution in [1.29, 1.82) is 5.26 Å². The SMILES string of the molecule is CC1(C)[C@H](C#CC(=O)OC2CCCC2)[C@@]1(C(=O)O)[C@@H](C#N)c1cccc(Oc2ccccc2)c1. The molecule has 2 aliphatic rings. The Hall–Kier alpha value is -3.77. The molecule has 2 fully saturated rings. The lowest BCUT2D eigenvalue weighted by Gasteiger charge is -2.22. The maximum absolute atomic E-state index is 12.6. The quantitative estimate of drug-likeness (QED) is 0.359. The van der Waals surface area contributed by atoms with E-state index < -0.39 is 34.6 Å². The van der Waals surface area contributed by atoms with Crippen LogP contribution in [0.5, 0.6) is 11.5 Å². The zero-order chi connectivity index (χ0) is 24.3. The number of carboxylic acid groups (broad SMARTS) is 1. The van der Waals surface area contributed by atoms with E-state index in [1.165, 1.54) is 0 Å². The van der Waals surface area contributed by atoms with Gasteiger partial charge in [0, 0.05) is 11.8 Å². The average molecular weight is 458 g/mol. The third-order valence-electron chi connectivity index (χ3n) is 7.16. The average Bonchev–Trinajstić information content (AvgIpc) is 3.09. The summed E-state index contributed by atoms with van der Waals surface area (Å²) in [7, 11) is 0. The maximum Gasteiger partial charge on any atom is 0.384 e. The number of carbonyl (C=O) groups is 2. The molecule has 2 aromatic carbocycles. The number of para-hydroxylation sites is 1. The molecule has 2 aromatic rings. The van der Waals surface area contributed by atoms with Crippen LogP contribution in [0.4, 0.5) is 0 Å². The van der Waals surface area contributed by atoms with Crippen LogP contribution in [-0.2, 0) is 14.3 Å². The topological polar surface area (TPSA) is 96.6 Å². The van der Waals surface area contributed by atoms with Gasteiger partial charge < -0.3 is 14.6 Å². The smallest absolute Gasteiger partial charge is 0.384 e. The van der Waals surface area contributed by atoms with Crippen LogP contribution in [-0.4, -0.2) is 23.1 Å². The van der Waals surface area contributed by atoms with Crippen molar-refractivity contribution in [3.63, 3.8) is 0 Å². The van der Waals surface area contributed by atoms with Gasteiger partial charge in [-0.15, -0.1) is 0 Å². The van der Waals surface area contributed by atoms with Gasteiger partial charge >= 0.3 is 11.9 Å². The van der Waals surface area contributed by atoms with Crippen molar-refractivity contribution in [3.8, 4) is 29.4 Å². The Labute approximate surface area is 199 Å². The highest BCUT2D eigenvalue weighted by molar-refractivity contribution is 5.90. The first-order valence-electron chi connectivity index (χ1n) is 11.5. The van der Waals surface area contributed by atoms with Crippen LogP contribution in [0.25, 0.3) is 0 Å². The summed E-state index contributed by atoms with van der Waals surface area (Å²) in [5, 5.41) is 20.4. The van der Waals surface area contributed by atoms with Gasteiger partial charge in [-0.05, 0) is 60.9 Å². The number of nitrogens with zero attached hydrogens (tertiary/aromatic N) is 1. The minimum absolute atomic E-state index is 0.113. The molecule has 0 heterocycles. The van der Waals surface area contributed by atoms with Crippen LogP contribution in [0.3, 0.4) is 0 Å². The number of benzene rings is 2. The molecule has 0 spiro atoms. The fraction of sp³-hybridized carbons (Fsp3) is 0.393. The molecule has 34 heavy (non-hydrogen) atoms. The van der Waals surface area contributed by atoms with Gasteiger partial charge in [-0.3, -0.25) is 4.79 Å². The first-order chi connectivity index (χ1) is 16.3. The number of aliphatic carboxylic acids is 1. The van der Waals surface area contributed by atoms with E-state index in [0.717, 1.165) is 25.7 Å². The Bertz CT molecular complexity index is 1180. The van der Waals surface area contributed by atoms with E-state index in [4.69, 9.17) is 9.47 Å². The molecule has 1 N–H and O–H groups in total. The third kappa shape index (κ3) is 4.13. The lowest BCUT2D eigenvalue weighted by molar-refractivity contribution is -0.145. The summed E-state index contributed by atoms with van der Waals surface area (Å²) in [6.45, 7) is 3.55. The van der Waals surface area contributed by atoms with Gasteiger partial charge in [-0.1, -0.05) is 50.1 Å². The predicted molar refractivity (Wildman–Crippen MR) is 125 cm³/mol. The van der Waals surface area contributed by atoms with Crippen LogP contribution >= 0.6 is 0 Å². The standard InChI is InChI=1S/C28H27NO5/c1-27(2)24(15-16-25(30)34-21-12-6-7-13-21)28(27,26(31)32)23(18-29)19-9-8-14-22(17-19)33-20-10-4-3-5-11-20/h3-5,8-11,14,17,21,23-24H,6-7,12-13H2,1-2H3,(H,31,32)/t23-,24-,28+/m0/s1. The van der Waals surface area contributed by atoms with Crippen molar-refractivity contribution in [1.82, 2.24) is 0 Å². The minimum Gasteiger partial charge on any atom is -0.481 e. The van der Waals surface area contributed by atoms with E-state index in [1.807, 2.05) is 30.3 Å². The molecule has 174 valence electrons. The number of carbonyl (C=O) groups excluding carboxylic acids is 1. The fourth-order valence-corrected chi connectivity index (χ4v) is 5.29. The Morgan fingerprint density at radius 2 is 1.74 bits per heavy atom. The monoisotopic (exact) mass is 457 g/mol. The van der Waals surface area contributed by atoms with E-state index in [9.17, 15) is 20.0 Å². The molecule has 0 radical (unpaired) electrons. The van der Waals surface area contributed by atoms with Crippen molar-refractivity contribution in [2.45, 2.75) is 51.6 Å². The molecule has 4 rings (SSSR count). The van der Waals surface area contributed by atoms with Gasteiger partial charge in [0.25, 0.3) is 0 Å². The summed E-state index contributed by atoms with van der Waals surface area (Å²) in [5.74, 6) is 3.08. The number of hydrogen-bond donors (Lipinski definition) is 1. The summed E-state index contributed by atoms with van der Waals surface area (Å²) in [6.07, 6.45) is 3.61. The Morgan fingerprint density at radius 1 is 1.06 bits per heavy atom. The highest BCUT2D eigenvalue weighted by Crippen LogP contribution is 2.74. The van der Waals surface area contributed by atoms with Crippen LogP contribution in [0.2, 0.25) is 0 Å². The molecule has 0 amide bonds. The van der Waals surface area contributed by atoms with E-state index in [1.54, 1.807) is 38.1 Å². The van der Waals surface area contributed by atoms with Gasteiger partial charge in [0.1, 0.15) is 23.0 Å². The van der Waals surface area contributed by atoms with Crippen molar-refractivity contribution < 1.29 is 24.2 Å². The highest BCUT2D eigenvalue weighted by Gasteiger charge is 2.79. The Kier molecular flexibility index (Phi) is 6.35. The second-order valence-electron chi connectivity index (χ2n) is 9.46. The van der Waals surface area contributed by atoms with Crippen LogP contribution in [0, 0.1) is 39.9 Å². The summed E-state index contributed by atoms with van der Waals surface area (Å²) >= 11 is 0. The maximum atomic E-state index is 12.6. The molecule has 0 aromatic heterocycles. The normalized spacial score (nSPS) is 23.6. The van der Waals surface area contributed by atoms with Crippen molar-refractivity contribution in [2.75, 3.05) is 0 Å². The Morgan fingerprint density at radius 3 is 2.38 bits per heavy atom. The summed E-state index contributed by atoms with van der Waals surface area (Å²) < 4.78 is 11.3. The number of rotatable bonds is 6. The molecule has 3 atom stereocenters. The molecule has 0 saturated heterocycles. The lowest BCUT2D eigenvalue weighted by Crippen LogP contribution is -2.28. The van der Waals surface area contributed by atoms with Crippen molar-refractivity contribution in [2.24, 2.45) is 16.7 Å². The first kappa shape index (κ1) is 23.4. The second kappa shape index (κ2) is 9.23. The second-order valence-corrected chi connectivity index (χ2v) is 9.46. The predicted octanol–water partition coefficient (Wildman–Crippen LogP) is 5.30. The van der Waals surface area contributed by atoms with E-state index in [-0.39, 0.29) is 6.10 Å². The molecule has 0 bridgehead atoms. The molecule has 0 aliphatic heterocycles. The number of esters is 1. The van der Waals surface area contributed by atoms with Crippen molar-refractivity contribution in [3.05, 3.63) is 60.2 Å². The molecule has 2 saturated carbocycles. The largest absolute Gasteiger partial charge is 0.481 e. The Balaban J connectivity index is 1.61. The van der Waals surface area contributed by atoms with Gasteiger partial charge in [-0.25, -0.2) is 4.79 Å². The lowest BCUT2D eigenvalue weighted by atomic mass is 9.78. The molecular weight excluding hydrogens is 430 g/mol. The highest BCUT2D eigenvalue weighted by atomic mass is 16.5.